The van der Waals surface area contributed by atoms with Gasteiger partial charge in [-0.05, 0) is 36.8 Å². The second-order valence-electron chi connectivity index (χ2n) is 7.71. The number of furan rings is 1. The van der Waals surface area contributed by atoms with Gasteiger partial charge in [0, 0.05) is 34.7 Å². The van der Waals surface area contributed by atoms with Crippen molar-refractivity contribution in [2.24, 2.45) is 0 Å². The number of nitro benzene ring substituents is 1. The molecule has 1 N–H and O–H groups in total. The molecule has 38 heavy (non-hydrogen) atoms. The largest absolute Gasteiger partial charge is 0.462 e. The summed E-state index contributed by atoms with van der Waals surface area (Å²) in [7, 11) is 0. The number of carbonyl (C=O) groups excluding carboxylic acids is 2. The topological polar surface area (TPSA) is 135 Å². The second-order valence-corrected chi connectivity index (χ2v) is 8.59. The lowest BCUT2D eigenvalue weighted by molar-refractivity contribution is -0.384. The summed E-state index contributed by atoms with van der Waals surface area (Å²) >= 11 is 1.06. The Kier molecular flexibility index (Phi) is 7.74. The maximum absolute atomic E-state index is 13.4. The number of carbonyl (C=O) groups is 2. The van der Waals surface area contributed by atoms with Gasteiger partial charge in [-0.1, -0.05) is 24.3 Å². The third-order valence-electron chi connectivity index (χ3n) is 5.27. The first-order valence-corrected chi connectivity index (χ1v) is 12.0. The standard InChI is InChI=1S/C27H18FN3O6S/c1-2-36-27(33)24-22(16-6-8-19(28)9-7-16)15-38-26(24)30-25(32)18(14-29)13-21-10-11-23(37-21)17-4-3-5-20(12-17)31(34)35/h3-13,15H,2H2,1H3,(H,30,32). The maximum Gasteiger partial charge on any atom is 0.341 e. The predicted octanol–water partition coefficient (Wildman–Crippen LogP) is 6.44. The normalized spacial score (nSPS) is 11.0. The van der Waals surface area contributed by atoms with Crippen LogP contribution in [0.5, 0.6) is 0 Å². The van der Waals surface area contributed by atoms with E-state index in [1.165, 1.54) is 54.6 Å². The summed E-state index contributed by atoms with van der Waals surface area (Å²) in [6.45, 7) is 1.74. The highest BCUT2D eigenvalue weighted by molar-refractivity contribution is 7.15. The molecule has 2 aromatic carbocycles. The summed E-state index contributed by atoms with van der Waals surface area (Å²) < 4.78 is 24.2. The van der Waals surface area contributed by atoms with Crippen molar-refractivity contribution in [2.75, 3.05) is 11.9 Å². The van der Waals surface area contributed by atoms with Gasteiger partial charge in [0.25, 0.3) is 11.6 Å². The van der Waals surface area contributed by atoms with E-state index in [0.717, 1.165) is 11.3 Å². The van der Waals surface area contributed by atoms with E-state index in [-0.39, 0.29) is 34.2 Å². The van der Waals surface area contributed by atoms with E-state index in [0.29, 0.717) is 22.5 Å². The minimum atomic E-state index is -0.793. The first-order valence-electron chi connectivity index (χ1n) is 11.1. The van der Waals surface area contributed by atoms with Gasteiger partial charge in [-0.25, -0.2) is 9.18 Å². The molecule has 0 saturated carbocycles. The van der Waals surface area contributed by atoms with Crippen molar-refractivity contribution < 1.29 is 28.1 Å². The lowest BCUT2D eigenvalue weighted by atomic mass is 10.0. The zero-order chi connectivity index (χ0) is 27.2. The SMILES string of the molecule is CCOC(=O)c1c(-c2ccc(F)cc2)csc1NC(=O)C(C#N)=Cc1ccc(-c2cccc([N+](=O)[O-])c2)o1. The quantitative estimate of drug-likeness (QED) is 0.0908. The zero-order valence-electron chi connectivity index (χ0n) is 19.8. The molecule has 2 heterocycles. The van der Waals surface area contributed by atoms with Gasteiger partial charge in [-0.3, -0.25) is 14.9 Å². The van der Waals surface area contributed by atoms with Gasteiger partial charge < -0.3 is 14.5 Å². The molecule has 0 aliphatic heterocycles. The molecule has 4 rings (SSSR count). The Hall–Kier alpha value is -5.08. The van der Waals surface area contributed by atoms with Crippen molar-refractivity contribution in [2.45, 2.75) is 6.92 Å². The van der Waals surface area contributed by atoms with Crippen LogP contribution in [0.4, 0.5) is 15.1 Å². The number of non-ortho nitro benzene ring substituents is 1. The summed E-state index contributed by atoms with van der Waals surface area (Å²) in [5, 5.41) is 25.0. The fraction of sp³-hybridized carbons (Fsp3) is 0.0741. The van der Waals surface area contributed by atoms with E-state index >= 15 is 0 Å². The van der Waals surface area contributed by atoms with Crippen LogP contribution < -0.4 is 5.32 Å². The molecular formula is C27H18FN3O6S. The minimum Gasteiger partial charge on any atom is -0.462 e. The fourth-order valence-electron chi connectivity index (χ4n) is 3.52. The van der Waals surface area contributed by atoms with E-state index in [2.05, 4.69) is 5.32 Å². The summed E-state index contributed by atoms with van der Waals surface area (Å²) in [6.07, 6.45) is 1.22. The van der Waals surface area contributed by atoms with Crippen LogP contribution in [0.25, 0.3) is 28.5 Å². The number of halogens is 1. The van der Waals surface area contributed by atoms with E-state index in [1.807, 2.05) is 6.07 Å². The number of nitrogens with zero attached hydrogens (tertiary/aromatic N) is 2. The van der Waals surface area contributed by atoms with Gasteiger partial charge >= 0.3 is 5.97 Å². The highest BCUT2D eigenvalue weighted by Crippen LogP contribution is 2.36. The van der Waals surface area contributed by atoms with Gasteiger partial charge in [0.15, 0.2) is 0 Å². The third-order valence-corrected chi connectivity index (χ3v) is 6.17. The highest BCUT2D eigenvalue weighted by atomic mass is 32.1. The number of benzene rings is 2. The maximum atomic E-state index is 13.4. The first kappa shape index (κ1) is 26.0. The Morgan fingerprint density at radius 1 is 1.18 bits per heavy atom. The predicted molar refractivity (Wildman–Crippen MR) is 139 cm³/mol. The molecule has 1 amide bonds. The number of hydrogen-bond donors (Lipinski definition) is 1. The van der Waals surface area contributed by atoms with Gasteiger partial charge in [0.2, 0.25) is 0 Å². The van der Waals surface area contributed by atoms with Crippen molar-refractivity contribution in [1.29, 1.82) is 5.26 Å². The number of rotatable bonds is 8. The van der Waals surface area contributed by atoms with Gasteiger partial charge in [-0.15, -0.1) is 11.3 Å². The number of amides is 1. The van der Waals surface area contributed by atoms with Crippen LogP contribution in [0.1, 0.15) is 23.0 Å². The van der Waals surface area contributed by atoms with Crippen LogP contribution in [0.2, 0.25) is 0 Å². The van der Waals surface area contributed by atoms with Crippen molar-refractivity contribution in [3.63, 3.8) is 0 Å². The lowest BCUT2D eigenvalue weighted by Gasteiger charge is -2.08. The Balaban J connectivity index is 1.61. The number of esters is 1. The molecule has 0 atom stereocenters. The van der Waals surface area contributed by atoms with E-state index in [1.54, 1.807) is 24.4 Å². The molecule has 4 aromatic rings. The van der Waals surface area contributed by atoms with E-state index < -0.39 is 22.6 Å². The summed E-state index contributed by atoms with van der Waals surface area (Å²) in [6, 6.07) is 16.2. The van der Waals surface area contributed by atoms with Crippen LogP contribution in [-0.4, -0.2) is 23.4 Å². The van der Waals surface area contributed by atoms with Crippen molar-refractivity contribution in [3.05, 3.63) is 98.9 Å². The van der Waals surface area contributed by atoms with Gasteiger partial charge in [-0.2, -0.15) is 5.26 Å². The Bertz CT molecular complexity index is 1600. The molecule has 190 valence electrons. The van der Waals surface area contributed by atoms with Crippen molar-refractivity contribution in [3.8, 4) is 28.5 Å². The van der Waals surface area contributed by atoms with Crippen molar-refractivity contribution in [1.82, 2.24) is 0 Å². The summed E-state index contributed by atoms with van der Waals surface area (Å²) in [5.74, 6) is -1.44. The number of thiophene rings is 1. The molecule has 2 aromatic heterocycles. The lowest BCUT2D eigenvalue weighted by Crippen LogP contribution is -2.16. The molecule has 0 spiro atoms. The molecule has 0 unspecified atom stereocenters. The van der Waals surface area contributed by atoms with Crippen LogP contribution in [0.3, 0.4) is 0 Å². The summed E-state index contributed by atoms with van der Waals surface area (Å²) in [5.41, 5.74) is 1.11. The Labute approximate surface area is 219 Å². The van der Waals surface area contributed by atoms with E-state index in [9.17, 15) is 29.4 Å². The first-order chi connectivity index (χ1) is 18.3. The second kappa shape index (κ2) is 11.3. The minimum absolute atomic E-state index is 0.0834. The summed E-state index contributed by atoms with van der Waals surface area (Å²) in [4.78, 5) is 36.2. The Morgan fingerprint density at radius 2 is 1.95 bits per heavy atom. The highest BCUT2D eigenvalue weighted by Gasteiger charge is 2.24. The molecule has 0 bridgehead atoms. The number of ether oxygens (including phenoxy) is 1. The molecule has 0 aliphatic rings. The molecule has 9 nitrogen and oxygen atoms in total. The molecule has 11 heteroatoms. The van der Waals surface area contributed by atoms with Crippen LogP contribution >= 0.6 is 11.3 Å². The monoisotopic (exact) mass is 531 g/mol. The number of hydrogen-bond acceptors (Lipinski definition) is 8. The number of nitriles is 1. The van der Waals surface area contributed by atoms with Crippen LogP contribution in [0, 0.1) is 27.3 Å². The molecule has 0 aliphatic carbocycles. The fourth-order valence-corrected chi connectivity index (χ4v) is 4.47. The zero-order valence-corrected chi connectivity index (χ0v) is 20.6. The third kappa shape index (κ3) is 5.66. The average molecular weight is 532 g/mol. The van der Waals surface area contributed by atoms with Crippen LogP contribution in [0.15, 0.2) is 76.0 Å². The molecule has 0 saturated heterocycles. The smallest absolute Gasteiger partial charge is 0.341 e. The average Bonchev–Trinajstić information content (AvgIpc) is 3.55. The van der Waals surface area contributed by atoms with Gasteiger partial charge in [0.1, 0.15) is 39.5 Å². The number of anilines is 1. The molecular weight excluding hydrogens is 513 g/mol. The number of nitro groups is 1. The van der Waals surface area contributed by atoms with Crippen LogP contribution in [-0.2, 0) is 9.53 Å². The molecule has 0 radical (unpaired) electrons. The number of nitrogens with one attached hydrogen (secondary N) is 1. The van der Waals surface area contributed by atoms with Gasteiger partial charge in [0.05, 0.1) is 11.5 Å². The molecule has 0 fully saturated rings. The Morgan fingerprint density at radius 3 is 2.63 bits per heavy atom. The van der Waals surface area contributed by atoms with E-state index in [4.69, 9.17) is 9.15 Å². The van der Waals surface area contributed by atoms with Crippen molar-refractivity contribution >= 4 is 40.0 Å².